The van der Waals surface area contributed by atoms with Gasteiger partial charge < -0.3 is 16.0 Å². The van der Waals surface area contributed by atoms with Gasteiger partial charge >= 0.3 is 5.69 Å². The van der Waals surface area contributed by atoms with Crippen molar-refractivity contribution in [2.45, 2.75) is 59.5 Å². The summed E-state index contributed by atoms with van der Waals surface area (Å²) in [4.78, 5) is 42.4. The number of nitrogens with one attached hydrogen (secondary N) is 2. The van der Waals surface area contributed by atoms with Gasteiger partial charge in [0.15, 0.2) is 5.69 Å². The topological polar surface area (TPSA) is 113 Å². The number of benzene rings is 2. The number of carbonyl (C=O) groups excluding carboxylic acids is 1. The third kappa shape index (κ3) is 6.19. The normalized spacial score (nSPS) is 12.3. The Bertz CT molecular complexity index is 1270. The van der Waals surface area contributed by atoms with Crippen molar-refractivity contribution in [3.8, 4) is 0 Å². The molecule has 0 aliphatic carbocycles. The highest BCUT2D eigenvalue weighted by atomic mass is 16.2. The molecule has 1 amide bonds. The van der Waals surface area contributed by atoms with Crippen LogP contribution in [0.3, 0.4) is 0 Å². The maximum atomic E-state index is 13.4. The molecule has 1 heterocycles. The fourth-order valence-corrected chi connectivity index (χ4v) is 4.20. The van der Waals surface area contributed by atoms with E-state index >= 15 is 0 Å². The van der Waals surface area contributed by atoms with E-state index in [1.807, 2.05) is 38.1 Å². The Morgan fingerprint density at radius 2 is 1.83 bits per heavy atom. The van der Waals surface area contributed by atoms with Crippen molar-refractivity contribution >= 4 is 28.2 Å². The number of nitrogen functional groups attached to an aromatic ring is 1. The first-order chi connectivity index (χ1) is 16.7. The third-order valence-corrected chi connectivity index (χ3v) is 6.30. The lowest BCUT2D eigenvalue weighted by Crippen LogP contribution is -2.45. The molecule has 0 spiro atoms. The number of rotatable bonds is 11. The van der Waals surface area contributed by atoms with Gasteiger partial charge in [-0.1, -0.05) is 69.7 Å². The Hall–Kier alpha value is -3.39. The summed E-state index contributed by atoms with van der Waals surface area (Å²) < 4.78 is 1.35. The Labute approximate surface area is 206 Å². The van der Waals surface area contributed by atoms with E-state index in [0.717, 1.165) is 29.2 Å². The molecule has 3 rings (SSSR count). The van der Waals surface area contributed by atoms with Crippen LogP contribution in [0.25, 0.3) is 10.8 Å². The molecule has 8 nitrogen and oxygen atoms in total. The summed E-state index contributed by atoms with van der Waals surface area (Å²) in [5, 5.41) is 5.58. The molecule has 1 aromatic heterocycles. The fraction of sp³-hybridized carbons (Fsp3) is 0.444. The maximum Gasteiger partial charge on any atom is 0.330 e. The highest BCUT2D eigenvalue weighted by molar-refractivity contribution is 5.97. The fourth-order valence-electron chi connectivity index (χ4n) is 4.20. The molecule has 1 unspecified atom stereocenters. The van der Waals surface area contributed by atoms with Gasteiger partial charge in [0.2, 0.25) is 5.91 Å². The number of H-pyrrole nitrogens is 1. The minimum Gasteiger partial charge on any atom is -0.383 e. The zero-order valence-electron chi connectivity index (χ0n) is 21.1. The van der Waals surface area contributed by atoms with Gasteiger partial charge in [0.05, 0.1) is 6.54 Å². The van der Waals surface area contributed by atoms with Gasteiger partial charge in [0.1, 0.15) is 5.82 Å². The van der Waals surface area contributed by atoms with Crippen LogP contribution in [0.4, 0.5) is 11.5 Å². The summed E-state index contributed by atoms with van der Waals surface area (Å²) in [6.45, 7) is 8.87. The van der Waals surface area contributed by atoms with E-state index in [4.69, 9.17) is 5.73 Å². The van der Waals surface area contributed by atoms with E-state index in [0.29, 0.717) is 25.4 Å². The summed E-state index contributed by atoms with van der Waals surface area (Å²) in [7, 11) is 0. The number of hydrogen-bond acceptors (Lipinski definition) is 5. The van der Waals surface area contributed by atoms with Crippen LogP contribution in [-0.4, -0.2) is 28.5 Å². The SMILES string of the molecule is CCCCn1c(N)c(N(CCC(C)C)C(=O)CNC(C)c2cccc3ccccc23)c(=O)[nH]c1=O. The van der Waals surface area contributed by atoms with Crippen molar-refractivity contribution in [2.24, 2.45) is 5.92 Å². The monoisotopic (exact) mass is 479 g/mol. The summed E-state index contributed by atoms with van der Waals surface area (Å²) in [5.41, 5.74) is 6.26. The van der Waals surface area contributed by atoms with Crippen molar-refractivity contribution in [2.75, 3.05) is 23.7 Å². The van der Waals surface area contributed by atoms with Crippen LogP contribution in [-0.2, 0) is 11.3 Å². The lowest BCUT2D eigenvalue weighted by Gasteiger charge is -2.26. The molecule has 2 aromatic carbocycles. The molecule has 0 saturated heterocycles. The largest absolute Gasteiger partial charge is 0.383 e. The Balaban J connectivity index is 1.88. The number of fused-ring (bicyclic) bond motifs is 1. The van der Waals surface area contributed by atoms with E-state index in [1.54, 1.807) is 0 Å². The number of amides is 1. The Kier molecular flexibility index (Phi) is 8.87. The van der Waals surface area contributed by atoms with Crippen molar-refractivity contribution in [1.82, 2.24) is 14.9 Å². The van der Waals surface area contributed by atoms with Gasteiger partial charge in [-0.15, -0.1) is 0 Å². The molecule has 0 saturated carbocycles. The summed E-state index contributed by atoms with van der Waals surface area (Å²) in [6, 6.07) is 14.2. The van der Waals surface area contributed by atoms with Crippen LogP contribution >= 0.6 is 0 Å². The molecule has 0 fully saturated rings. The average Bonchev–Trinajstić information content (AvgIpc) is 2.83. The summed E-state index contributed by atoms with van der Waals surface area (Å²) >= 11 is 0. The van der Waals surface area contributed by atoms with Gasteiger partial charge in [-0.3, -0.25) is 19.1 Å². The van der Waals surface area contributed by atoms with E-state index in [-0.39, 0.29) is 30.0 Å². The first-order valence-corrected chi connectivity index (χ1v) is 12.4. The molecule has 0 aliphatic rings. The molecule has 3 aromatic rings. The molecule has 1 atom stereocenters. The average molecular weight is 480 g/mol. The molecule has 0 bridgehead atoms. The number of hydrogen-bond donors (Lipinski definition) is 3. The number of aromatic nitrogens is 2. The van der Waals surface area contributed by atoms with E-state index in [9.17, 15) is 14.4 Å². The van der Waals surface area contributed by atoms with Gasteiger partial charge in [-0.05, 0) is 42.0 Å². The zero-order chi connectivity index (χ0) is 25.5. The van der Waals surface area contributed by atoms with Crippen LogP contribution in [0.15, 0.2) is 52.1 Å². The van der Waals surface area contributed by atoms with Crippen LogP contribution < -0.4 is 27.2 Å². The smallest absolute Gasteiger partial charge is 0.330 e. The number of nitrogens with two attached hydrogens (primary N) is 1. The molecule has 0 radical (unpaired) electrons. The van der Waals surface area contributed by atoms with Crippen molar-refractivity contribution in [3.05, 3.63) is 68.9 Å². The second kappa shape index (κ2) is 11.8. The minimum atomic E-state index is -0.639. The number of nitrogens with zero attached hydrogens (tertiary/aromatic N) is 2. The predicted molar refractivity (Wildman–Crippen MR) is 143 cm³/mol. The first-order valence-electron chi connectivity index (χ1n) is 12.4. The van der Waals surface area contributed by atoms with Crippen molar-refractivity contribution in [1.29, 1.82) is 0 Å². The number of carbonyl (C=O) groups is 1. The lowest BCUT2D eigenvalue weighted by atomic mass is 10.00. The molecule has 4 N–H and O–H groups in total. The van der Waals surface area contributed by atoms with Gasteiger partial charge in [0, 0.05) is 19.1 Å². The second-order valence-corrected chi connectivity index (χ2v) is 9.40. The number of unbranched alkanes of at least 4 members (excludes halogenated alkanes) is 1. The maximum absolute atomic E-state index is 13.4. The third-order valence-electron chi connectivity index (χ3n) is 6.30. The van der Waals surface area contributed by atoms with Crippen LogP contribution in [0.5, 0.6) is 0 Å². The molecule has 188 valence electrons. The van der Waals surface area contributed by atoms with Crippen LogP contribution in [0, 0.1) is 5.92 Å². The Morgan fingerprint density at radius 3 is 2.54 bits per heavy atom. The van der Waals surface area contributed by atoms with Crippen molar-refractivity contribution in [3.63, 3.8) is 0 Å². The predicted octanol–water partition coefficient (Wildman–Crippen LogP) is 3.80. The molecular formula is C27H37N5O3. The second-order valence-electron chi connectivity index (χ2n) is 9.40. The summed E-state index contributed by atoms with van der Waals surface area (Å²) in [6.07, 6.45) is 2.30. The molecule has 8 heteroatoms. The van der Waals surface area contributed by atoms with E-state index < -0.39 is 11.2 Å². The minimum absolute atomic E-state index is 0.0233. The van der Waals surface area contributed by atoms with Crippen LogP contribution in [0.2, 0.25) is 0 Å². The molecule has 35 heavy (non-hydrogen) atoms. The van der Waals surface area contributed by atoms with Crippen molar-refractivity contribution < 1.29 is 4.79 Å². The van der Waals surface area contributed by atoms with E-state index in [1.165, 1.54) is 9.47 Å². The molecule has 0 aliphatic heterocycles. The Morgan fingerprint density at radius 1 is 1.11 bits per heavy atom. The highest BCUT2D eigenvalue weighted by Gasteiger charge is 2.24. The lowest BCUT2D eigenvalue weighted by molar-refractivity contribution is -0.118. The number of aromatic amines is 1. The molecular weight excluding hydrogens is 442 g/mol. The van der Waals surface area contributed by atoms with E-state index in [2.05, 4.69) is 42.3 Å². The number of anilines is 2. The van der Waals surface area contributed by atoms with Gasteiger partial charge in [-0.2, -0.15) is 0 Å². The van der Waals surface area contributed by atoms with Gasteiger partial charge in [-0.25, -0.2) is 4.79 Å². The van der Waals surface area contributed by atoms with Gasteiger partial charge in [0.25, 0.3) is 5.56 Å². The highest BCUT2D eigenvalue weighted by Crippen LogP contribution is 2.24. The zero-order valence-corrected chi connectivity index (χ0v) is 21.1. The van der Waals surface area contributed by atoms with Crippen LogP contribution in [0.1, 0.15) is 58.6 Å². The standard InChI is InChI=1S/C27H37N5O3/c1-5-6-15-32-25(28)24(26(34)30-27(32)35)31(16-14-18(2)3)23(33)17-29-19(4)21-13-9-11-20-10-7-8-12-22(20)21/h7-13,18-19,29H,5-6,14-17,28H2,1-4H3,(H,30,34,35). The quantitative estimate of drug-likeness (QED) is 0.387. The summed E-state index contributed by atoms with van der Waals surface area (Å²) in [5.74, 6) is 0.0844. The first kappa shape index (κ1) is 26.2.